The molecule has 0 bridgehead atoms. The lowest BCUT2D eigenvalue weighted by atomic mass is 10.1. The Morgan fingerprint density at radius 1 is 1.10 bits per heavy atom. The third-order valence-electron chi connectivity index (χ3n) is 4.52. The van der Waals surface area contributed by atoms with Gasteiger partial charge in [-0.15, -0.1) is 0 Å². The lowest BCUT2D eigenvalue weighted by Crippen LogP contribution is -2.29. The van der Waals surface area contributed by atoms with E-state index in [-0.39, 0.29) is 23.9 Å². The molecule has 30 heavy (non-hydrogen) atoms. The molecule has 0 saturated carbocycles. The lowest BCUT2D eigenvalue weighted by Gasteiger charge is -2.16. The molecule has 0 radical (unpaired) electrons. The van der Waals surface area contributed by atoms with Crippen LogP contribution in [0.4, 0.5) is 23.7 Å². The Morgan fingerprint density at radius 3 is 2.60 bits per heavy atom. The average molecular weight is 421 g/mol. The summed E-state index contributed by atoms with van der Waals surface area (Å²) < 4.78 is 41.9. The summed E-state index contributed by atoms with van der Waals surface area (Å²) in [5.74, 6) is 0.0755. The summed E-state index contributed by atoms with van der Waals surface area (Å²) in [5, 5.41) is 5.17. The maximum absolute atomic E-state index is 12.4. The Morgan fingerprint density at radius 2 is 1.87 bits per heavy atom. The summed E-state index contributed by atoms with van der Waals surface area (Å²) in [5.41, 5.74) is 1.95. The predicted molar refractivity (Wildman–Crippen MR) is 105 cm³/mol. The smallest absolute Gasteiger partial charge is 0.422 e. The van der Waals surface area contributed by atoms with Gasteiger partial charge in [-0.1, -0.05) is 36.4 Å². The molecule has 2 aromatic carbocycles. The molecule has 0 spiro atoms. The highest BCUT2D eigenvalue weighted by Gasteiger charge is 2.29. The maximum Gasteiger partial charge on any atom is 0.422 e. The number of carbonyl (C=O) groups is 2. The molecule has 1 heterocycles. The van der Waals surface area contributed by atoms with E-state index in [9.17, 15) is 22.8 Å². The number of anilines is 1. The van der Waals surface area contributed by atoms with Gasteiger partial charge in [-0.05, 0) is 29.7 Å². The Kier molecular flexibility index (Phi) is 6.81. The third kappa shape index (κ3) is 6.40. The molecule has 0 unspecified atom stereocenters. The van der Waals surface area contributed by atoms with Crippen molar-refractivity contribution in [2.75, 3.05) is 18.5 Å². The number of nitrogens with zero attached hydrogens (tertiary/aromatic N) is 1. The van der Waals surface area contributed by atoms with Gasteiger partial charge in [0.1, 0.15) is 5.75 Å². The van der Waals surface area contributed by atoms with Crippen molar-refractivity contribution >= 4 is 17.6 Å². The van der Waals surface area contributed by atoms with E-state index in [1.807, 2.05) is 24.3 Å². The Hall–Kier alpha value is -3.23. The van der Waals surface area contributed by atoms with Crippen LogP contribution in [-0.4, -0.2) is 36.2 Å². The number of urea groups is 1. The van der Waals surface area contributed by atoms with Crippen LogP contribution in [0, 0.1) is 0 Å². The van der Waals surface area contributed by atoms with E-state index in [2.05, 4.69) is 10.6 Å². The number of para-hydroxylation sites is 2. The number of alkyl halides is 3. The number of hydrogen-bond donors (Lipinski definition) is 2. The van der Waals surface area contributed by atoms with Gasteiger partial charge in [0.05, 0.1) is 5.69 Å². The van der Waals surface area contributed by atoms with Gasteiger partial charge in [-0.25, -0.2) is 4.79 Å². The van der Waals surface area contributed by atoms with Crippen molar-refractivity contribution in [1.29, 1.82) is 0 Å². The second-order valence-corrected chi connectivity index (χ2v) is 6.95. The van der Waals surface area contributed by atoms with E-state index in [4.69, 9.17) is 4.74 Å². The summed E-state index contributed by atoms with van der Waals surface area (Å²) in [6.45, 7) is 0.0567. The van der Waals surface area contributed by atoms with Gasteiger partial charge >= 0.3 is 12.2 Å². The third-order valence-corrected chi connectivity index (χ3v) is 4.52. The number of hydrogen-bond acceptors (Lipinski definition) is 3. The molecule has 2 N–H and O–H groups in total. The molecule has 0 aliphatic carbocycles. The quantitative estimate of drug-likeness (QED) is 0.708. The number of likely N-dealkylation sites (tertiary alicyclic amines) is 1. The molecular weight excluding hydrogens is 399 g/mol. The molecule has 0 aromatic heterocycles. The van der Waals surface area contributed by atoms with Crippen LogP contribution in [0.3, 0.4) is 0 Å². The number of nitrogens with one attached hydrogen (secondary N) is 2. The van der Waals surface area contributed by atoms with Crippen molar-refractivity contribution in [2.24, 2.45) is 0 Å². The van der Waals surface area contributed by atoms with Crippen LogP contribution in [0.15, 0.2) is 48.5 Å². The minimum absolute atomic E-state index is 0.0674. The highest BCUT2D eigenvalue weighted by atomic mass is 19.4. The molecule has 1 fully saturated rings. The van der Waals surface area contributed by atoms with Gasteiger partial charge in [-0.2, -0.15) is 13.2 Å². The highest BCUT2D eigenvalue weighted by Crippen LogP contribution is 2.26. The first kappa shape index (κ1) is 21.5. The van der Waals surface area contributed by atoms with E-state index in [0.717, 1.165) is 24.1 Å². The zero-order chi connectivity index (χ0) is 21.6. The minimum Gasteiger partial charge on any atom is -0.482 e. The normalized spacial score (nSPS) is 14.0. The monoisotopic (exact) mass is 421 g/mol. The topological polar surface area (TPSA) is 70.7 Å². The van der Waals surface area contributed by atoms with Crippen molar-refractivity contribution < 1.29 is 27.5 Å². The molecule has 0 atom stereocenters. The van der Waals surface area contributed by atoms with Crippen LogP contribution >= 0.6 is 0 Å². The van der Waals surface area contributed by atoms with Crippen LogP contribution in [-0.2, 0) is 17.9 Å². The van der Waals surface area contributed by atoms with Crippen molar-refractivity contribution in [3.05, 3.63) is 59.7 Å². The fourth-order valence-corrected chi connectivity index (χ4v) is 3.13. The average Bonchev–Trinajstić information content (AvgIpc) is 3.10. The van der Waals surface area contributed by atoms with Crippen LogP contribution < -0.4 is 15.4 Å². The van der Waals surface area contributed by atoms with E-state index < -0.39 is 18.8 Å². The second kappa shape index (κ2) is 9.51. The van der Waals surface area contributed by atoms with Gasteiger partial charge in [0.25, 0.3) is 0 Å². The molecular formula is C21H22F3N3O3. The van der Waals surface area contributed by atoms with Crippen LogP contribution in [0.25, 0.3) is 0 Å². The second-order valence-electron chi connectivity index (χ2n) is 6.95. The number of amides is 3. The van der Waals surface area contributed by atoms with E-state index in [1.54, 1.807) is 11.0 Å². The molecule has 9 heteroatoms. The summed E-state index contributed by atoms with van der Waals surface area (Å²) in [7, 11) is 0. The van der Waals surface area contributed by atoms with Crippen LogP contribution in [0.2, 0.25) is 0 Å². The van der Waals surface area contributed by atoms with Crippen molar-refractivity contribution in [3.8, 4) is 5.75 Å². The SMILES string of the molecule is O=C(NCc1cccc(CN2CCCC2=O)c1)Nc1ccccc1OCC(F)(F)F. The number of benzene rings is 2. The predicted octanol–water partition coefficient (Wildman–Crippen LogP) is 4.07. The van der Waals surface area contributed by atoms with E-state index in [1.165, 1.54) is 18.2 Å². The van der Waals surface area contributed by atoms with Gasteiger partial charge < -0.3 is 20.3 Å². The first-order valence-corrected chi connectivity index (χ1v) is 9.49. The fraction of sp³-hybridized carbons (Fsp3) is 0.333. The molecule has 160 valence electrons. The van der Waals surface area contributed by atoms with Gasteiger partial charge in [0, 0.05) is 26.1 Å². The van der Waals surface area contributed by atoms with Gasteiger partial charge in [0.15, 0.2) is 6.61 Å². The summed E-state index contributed by atoms with van der Waals surface area (Å²) in [4.78, 5) is 25.8. The van der Waals surface area contributed by atoms with Crippen molar-refractivity contribution in [3.63, 3.8) is 0 Å². The Bertz CT molecular complexity index is 902. The first-order valence-electron chi connectivity index (χ1n) is 9.49. The van der Waals surface area contributed by atoms with Gasteiger partial charge in [0.2, 0.25) is 5.91 Å². The summed E-state index contributed by atoms with van der Waals surface area (Å²) in [6.07, 6.45) is -3.02. The number of halogens is 3. The molecule has 3 rings (SSSR count). The van der Waals surface area contributed by atoms with Gasteiger partial charge in [-0.3, -0.25) is 4.79 Å². The largest absolute Gasteiger partial charge is 0.482 e. The van der Waals surface area contributed by atoms with Crippen molar-refractivity contribution in [2.45, 2.75) is 32.1 Å². The standard InChI is InChI=1S/C21H22F3N3O3/c22-21(23,24)14-30-18-8-2-1-7-17(18)26-20(29)25-12-15-5-3-6-16(11-15)13-27-10-4-9-19(27)28/h1-3,5-8,11H,4,9-10,12-14H2,(H2,25,26,29). The number of carbonyl (C=O) groups excluding carboxylic acids is 2. The first-order chi connectivity index (χ1) is 14.3. The molecule has 1 saturated heterocycles. The fourth-order valence-electron chi connectivity index (χ4n) is 3.13. The Labute approximate surface area is 172 Å². The lowest BCUT2D eigenvalue weighted by molar-refractivity contribution is -0.153. The Balaban J connectivity index is 1.54. The molecule has 2 aromatic rings. The van der Waals surface area contributed by atoms with Crippen molar-refractivity contribution in [1.82, 2.24) is 10.2 Å². The zero-order valence-corrected chi connectivity index (χ0v) is 16.2. The summed E-state index contributed by atoms with van der Waals surface area (Å²) >= 11 is 0. The molecule has 6 nitrogen and oxygen atoms in total. The highest BCUT2D eigenvalue weighted by molar-refractivity contribution is 5.90. The molecule has 1 aliphatic rings. The number of rotatable bonds is 7. The maximum atomic E-state index is 12.4. The van der Waals surface area contributed by atoms with Crippen LogP contribution in [0.5, 0.6) is 5.75 Å². The minimum atomic E-state index is -4.47. The van der Waals surface area contributed by atoms with E-state index in [0.29, 0.717) is 13.0 Å². The number of ether oxygens (including phenoxy) is 1. The zero-order valence-electron chi connectivity index (χ0n) is 16.2. The molecule has 1 aliphatic heterocycles. The summed E-state index contributed by atoms with van der Waals surface area (Å²) in [6, 6.07) is 12.9. The van der Waals surface area contributed by atoms with E-state index >= 15 is 0 Å². The molecule has 3 amide bonds. The van der Waals surface area contributed by atoms with Crippen LogP contribution in [0.1, 0.15) is 24.0 Å².